The minimum atomic E-state index is -3.44. The smallest absolute Gasteiger partial charge is 0.227 e. The summed E-state index contributed by atoms with van der Waals surface area (Å²) in [5.41, 5.74) is 6.40. The molecule has 6 aromatic rings. The van der Waals surface area contributed by atoms with Crippen molar-refractivity contribution in [3.63, 3.8) is 0 Å². The molecule has 4 N–H and O–H groups in total. The third-order valence-corrected chi connectivity index (χ3v) is 8.94. The van der Waals surface area contributed by atoms with Crippen LogP contribution in [0.15, 0.2) is 67.1 Å². The Labute approximate surface area is 264 Å². The molecule has 4 aromatic heterocycles. The first-order valence-electron chi connectivity index (χ1n) is 15.0. The van der Waals surface area contributed by atoms with Gasteiger partial charge < -0.3 is 10.3 Å². The number of hydrogen-bond acceptors (Lipinski definition) is 7. The van der Waals surface area contributed by atoms with Crippen molar-refractivity contribution in [2.24, 2.45) is 5.92 Å². The number of carbonyl (C=O) groups excluding carboxylic acids is 1. The lowest BCUT2D eigenvalue weighted by atomic mass is 9.88. The highest BCUT2D eigenvalue weighted by Gasteiger charge is 2.22. The number of amides is 1. The van der Waals surface area contributed by atoms with Crippen LogP contribution in [-0.2, 0) is 21.4 Å². The molecule has 0 aliphatic heterocycles. The van der Waals surface area contributed by atoms with Gasteiger partial charge in [-0.2, -0.15) is 5.10 Å². The second-order valence-corrected chi connectivity index (χ2v) is 13.5. The van der Waals surface area contributed by atoms with Crippen molar-refractivity contribution in [1.29, 1.82) is 0 Å². The van der Waals surface area contributed by atoms with Crippen molar-refractivity contribution in [3.05, 3.63) is 78.5 Å². The summed E-state index contributed by atoms with van der Waals surface area (Å²) in [6.07, 6.45) is 11.3. The first-order chi connectivity index (χ1) is 22.2. The van der Waals surface area contributed by atoms with Crippen LogP contribution >= 0.6 is 0 Å². The van der Waals surface area contributed by atoms with Gasteiger partial charge in [-0.05, 0) is 60.4 Å². The Morgan fingerprint density at radius 1 is 1.00 bits per heavy atom. The average molecular weight is 639 g/mol. The molecular formula is C33H31FN8O3S. The van der Waals surface area contributed by atoms with E-state index >= 15 is 0 Å². The van der Waals surface area contributed by atoms with Crippen LogP contribution in [0.1, 0.15) is 37.7 Å². The van der Waals surface area contributed by atoms with Crippen LogP contribution in [0.4, 0.5) is 10.1 Å². The third-order valence-electron chi connectivity index (χ3n) is 8.28. The van der Waals surface area contributed by atoms with Crippen LogP contribution in [0.5, 0.6) is 0 Å². The Hall–Kier alpha value is -5.01. The molecule has 0 radical (unpaired) electrons. The van der Waals surface area contributed by atoms with Crippen LogP contribution in [0.25, 0.3) is 55.8 Å². The first-order valence-corrected chi connectivity index (χ1v) is 16.9. The Kier molecular flexibility index (Phi) is 7.79. The molecule has 1 saturated carbocycles. The summed E-state index contributed by atoms with van der Waals surface area (Å²) < 4.78 is 40.2. The average Bonchev–Trinajstić information content (AvgIpc) is 3.68. The number of anilines is 1. The molecule has 0 saturated heterocycles. The van der Waals surface area contributed by atoms with Gasteiger partial charge in [0.2, 0.25) is 15.9 Å². The number of para-hydroxylation sites is 1. The number of halogens is 1. The van der Waals surface area contributed by atoms with Gasteiger partial charge in [0.05, 0.1) is 34.6 Å². The summed E-state index contributed by atoms with van der Waals surface area (Å²) in [4.78, 5) is 30.0. The highest BCUT2D eigenvalue weighted by Crippen LogP contribution is 2.34. The molecule has 0 unspecified atom stereocenters. The second-order valence-electron chi connectivity index (χ2n) is 11.7. The molecule has 11 nitrogen and oxygen atoms in total. The van der Waals surface area contributed by atoms with Crippen molar-refractivity contribution in [2.75, 3.05) is 11.6 Å². The van der Waals surface area contributed by atoms with Crippen molar-refractivity contribution < 1.29 is 17.6 Å². The number of benzene rings is 2. The van der Waals surface area contributed by atoms with Crippen molar-refractivity contribution in [1.82, 2.24) is 34.9 Å². The molecule has 2 aromatic carbocycles. The molecule has 1 amide bonds. The number of pyridine rings is 2. The van der Waals surface area contributed by atoms with Gasteiger partial charge in [-0.15, -0.1) is 0 Å². The maximum Gasteiger partial charge on any atom is 0.227 e. The van der Waals surface area contributed by atoms with Gasteiger partial charge in [0, 0.05) is 41.5 Å². The van der Waals surface area contributed by atoms with E-state index in [1.165, 1.54) is 18.6 Å². The molecule has 1 fully saturated rings. The monoisotopic (exact) mass is 638 g/mol. The predicted octanol–water partition coefficient (Wildman–Crippen LogP) is 5.94. The minimum absolute atomic E-state index is 0.0353. The van der Waals surface area contributed by atoms with E-state index in [1.807, 2.05) is 30.3 Å². The van der Waals surface area contributed by atoms with Crippen LogP contribution in [0, 0.1) is 11.7 Å². The van der Waals surface area contributed by atoms with E-state index in [1.54, 1.807) is 24.7 Å². The zero-order valence-corrected chi connectivity index (χ0v) is 25.8. The van der Waals surface area contributed by atoms with E-state index < -0.39 is 15.8 Å². The first kappa shape index (κ1) is 29.7. The topological polar surface area (TPSA) is 158 Å². The molecule has 4 heterocycles. The Bertz CT molecular complexity index is 2210. The Balaban J connectivity index is 1.21. The standard InChI is InChI=1S/C33H31FN8O3S/c1-46(44,45)37-15-19-10-21(12-24(34)11-19)26-8-5-9-28-29(26)40-32(39-28)30-27-14-23(17-36-31(27)42-41-30)22-13-25(18-35-16-22)38-33(43)20-6-3-2-4-7-20/h5,8-14,16-18,20,37H,2-4,6-7,15H2,1H3,(H,38,43)(H,39,40)(H,36,41,42). The zero-order chi connectivity index (χ0) is 31.8. The highest BCUT2D eigenvalue weighted by molar-refractivity contribution is 7.88. The summed E-state index contributed by atoms with van der Waals surface area (Å²) in [7, 11) is -3.44. The van der Waals surface area contributed by atoms with E-state index in [-0.39, 0.29) is 18.4 Å². The fraction of sp³-hybridized carbons (Fsp3) is 0.242. The van der Waals surface area contributed by atoms with Gasteiger partial charge in [-0.1, -0.05) is 31.4 Å². The van der Waals surface area contributed by atoms with Crippen LogP contribution < -0.4 is 10.0 Å². The van der Waals surface area contributed by atoms with Gasteiger partial charge in [-0.25, -0.2) is 27.5 Å². The maximum absolute atomic E-state index is 14.6. The number of aromatic nitrogens is 6. The van der Waals surface area contributed by atoms with E-state index in [2.05, 4.69) is 35.2 Å². The van der Waals surface area contributed by atoms with Crippen LogP contribution in [0.2, 0.25) is 0 Å². The number of sulfonamides is 1. The molecule has 0 spiro atoms. The number of carbonyl (C=O) groups is 1. The number of hydrogen-bond donors (Lipinski definition) is 4. The van der Waals surface area contributed by atoms with Crippen molar-refractivity contribution in [2.45, 2.75) is 38.6 Å². The number of nitrogens with zero attached hydrogens (tertiary/aromatic N) is 4. The predicted molar refractivity (Wildman–Crippen MR) is 174 cm³/mol. The molecule has 7 rings (SSSR count). The number of aromatic amines is 2. The summed E-state index contributed by atoms with van der Waals surface area (Å²) in [5, 5.41) is 11.2. The Morgan fingerprint density at radius 2 is 1.83 bits per heavy atom. The van der Waals surface area contributed by atoms with Gasteiger partial charge in [0.15, 0.2) is 11.5 Å². The Morgan fingerprint density at radius 3 is 2.65 bits per heavy atom. The van der Waals surface area contributed by atoms with Gasteiger partial charge in [-0.3, -0.25) is 14.9 Å². The molecular weight excluding hydrogens is 607 g/mol. The molecule has 46 heavy (non-hydrogen) atoms. The van der Waals surface area contributed by atoms with Crippen molar-refractivity contribution in [3.8, 4) is 33.8 Å². The van der Waals surface area contributed by atoms with E-state index in [0.29, 0.717) is 45.1 Å². The summed E-state index contributed by atoms with van der Waals surface area (Å²) in [6, 6.07) is 13.8. The molecule has 1 aliphatic rings. The molecule has 234 valence electrons. The largest absolute Gasteiger partial charge is 0.337 e. The second kappa shape index (κ2) is 12.1. The SMILES string of the molecule is CS(=O)(=O)NCc1cc(F)cc(-c2cccc3[nH]c(-c4n[nH]c5ncc(-c6cncc(NC(=O)C7CCCCC7)c6)cc45)nc23)c1. The molecule has 0 atom stereocenters. The quantitative estimate of drug-likeness (QED) is 0.161. The fourth-order valence-corrected chi connectivity index (χ4v) is 6.45. The maximum atomic E-state index is 14.6. The van der Waals surface area contributed by atoms with Gasteiger partial charge >= 0.3 is 0 Å². The third kappa shape index (κ3) is 6.24. The van der Waals surface area contributed by atoms with Gasteiger partial charge in [0.1, 0.15) is 11.5 Å². The number of rotatable bonds is 8. The van der Waals surface area contributed by atoms with E-state index in [9.17, 15) is 17.6 Å². The number of H-pyrrole nitrogens is 2. The normalized spacial score (nSPS) is 14.2. The lowest BCUT2D eigenvalue weighted by molar-refractivity contribution is -0.120. The van der Waals surface area contributed by atoms with E-state index in [4.69, 9.17) is 4.98 Å². The van der Waals surface area contributed by atoms with Crippen LogP contribution in [-0.4, -0.2) is 50.7 Å². The fourth-order valence-electron chi connectivity index (χ4n) is 6.02. The van der Waals surface area contributed by atoms with Crippen LogP contribution in [0.3, 0.4) is 0 Å². The molecule has 13 heteroatoms. The lowest BCUT2D eigenvalue weighted by Gasteiger charge is -2.20. The van der Waals surface area contributed by atoms with Crippen molar-refractivity contribution >= 4 is 43.7 Å². The zero-order valence-electron chi connectivity index (χ0n) is 25.0. The van der Waals surface area contributed by atoms with E-state index in [0.717, 1.165) is 54.0 Å². The molecule has 1 aliphatic carbocycles. The number of nitrogens with one attached hydrogen (secondary N) is 4. The lowest BCUT2D eigenvalue weighted by Crippen LogP contribution is -2.24. The van der Waals surface area contributed by atoms with Gasteiger partial charge in [0.25, 0.3) is 0 Å². The highest BCUT2D eigenvalue weighted by atomic mass is 32.2. The number of fused-ring (bicyclic) bond motifs is 2. The summed E-state index contributed by atoms with van der Waals surface area (Å²) in [6.45, 7) is -0.0364. The minimum Gasteiger partial charge on any atom is -0.337 e. The summed E-state index contributed by atoms with van der Waals surface area (Å²) >= 11 is 0. The molecule has 0 bridgehead atoms. The summed E-state index contributed by atoms with van der Waals surface area (Å²) in [5.74, 6) is 0.0796. The number of imidazole rings is 1.